The fraction of sp³-hybridized carbons (Fsp3) is 0.150. The van der Waals surface area contributed by atoms with E-state index in [0.717, 1.165) is 0 Å². The second-order valence-electron chi connectivity index (χ2n) is 6.97. The molecular weight excluding hydrogens is 536 g/mol. The zero-order valence-corrected chi connectivity index (χ0v) is 21.0. The number of amides is 1. The first-order valence-electron chi connectivity index (χ1n) is 10.1. The Hall–Kier alpha value is -3.44. The van der Waals surface area contributed by atoms with Crippen LogP contribution in [0.25, 0.3) is 0 Å². The van der Waals surface area contributed by atoms with E-state index in [1.54, 1.807) is 30.3 Å². The van der Waals surface area contributed by atoms with Crippen molar-refractivity contribution in [3.8, 4) is 11.5 Å². The van der Waals surface area contributed by atoms with Crippen LogP contribution >= 0.6 is 28.1 Å². The molecule has 186 valence electrons. The van der Waals surface area contributed by atoms with Crippen LogP contribution in [0.15, 0.2) is 42.6 Å². The minimum atomic E-state index is -3.11. The summed E-state index contributed by atoms with van der Waals surface area (Å²) in [6.07, 6.45) is 1.91. The van der Waals surface area contributed by atoms with E-state index in [-0.39, 0.29) is 28.4 Å². The molecule has 1 amide bonds. The normalized spacial score (nSPS) is 12.8. The minimum Gasteiger partial charge on any atom is -0.491 e. The number of rotatable bonds is 10. The molecule has 36 heavy (non-hydrogen) atoms. The summed E-state index contributed by atoms with van der Waals surface area (Å²) in [7, 11) is -4.65. The number of hydroxylamine groups is 1. The van der Waals surface area contributed by atoms with Gasteiger partial charge in [0.25, 0.3) is 5.91 Å². The largest absolute Gasteiger partial charge is 0.800 e. The highest BCUT2D eigenvalue weighted by atomic mass is 35.5. The molecule has 0 fully saturated rings. The standard InChI is InChI=1S/C20H16ClN5O8P2/c1-31-26-19(27)12-6-7-15(17-11(12)8-9-32-17)24-20-22-10-13(21)18(25-20)23-14-4-2-3-5-16(14)33-36(30)34-35(28)29/h2-7,10H,8-9H2,1H3,(H2-2,22,23,24,25,26,27,28,29)/p+2. The maximum atomic E-state index is 12.3. The average molecular weight is 554 g/mol. The number of benzene rings is 2. The van der Waals surface area contributed by atoms with E-state index >= 15 is 0 Å². The minimum absolute atomic E-state index is 0.0655. The molecule has 0 aliphatic carbocycles. The molecule has 0 spiro atoms. The summed E-state index contributed by atoms with van der Waals surface area (Å²) in [5, 5.41) is 6.18. The summed E-state index contributed by atoms with van der Waals surface area (Å²) in [5.74, 6) is 0.522. The van der Waals surface area contributed by atoms with Crippen LogP contribution < -0.4 is 25.4 Å². The first-order chi connectivity index (χ1) is 17.4. The monoisotopic (exact) mass is 553 g/mol. The number of ether oxygens (including phenoxy) is 1. The number of halogens is 1. The van der Waals surface area contributed by atoms with Crippen molar-refractivity contribution in [1.82, 2.24) is 15.4 Å². The smallest absolute Gasteiger partial charge is 0.491 e. The van der Waals surface area contributed by atoms with Gasteiger partial charge in [-0.05, 0) is 24.3 Å². The van der Waals surface area contributed by atoms with Gasteiger partial charge in [0.1, 0.15) is 10.8 Å². The Balaban J connectivity index is 1.57. The van der Waals surface area contributed by atoms with Gasteiger partial charge in [-0.15, -0.1) is 4.89 Å². The predicted molar refractivity (Wildman–Crippen MR) is 129 cm³/mol. The number of para-hydroxylation sites is 2. The van der Waals surface area contributed by atoms with Crippen LogP contribution in [0.1, 0.15) is 15.9 Å². The van der Waals surface area contributed by atoms with Crippen molar-refractivity contribution >= 4 is 57.2 Å². The summed E-state index contributed by atoms with van der Waals surface area (Å²) >= 11 is 6.26. The van der Waals surface area contributed by atoms with E-state index in [4.69, 9.17) is 30.6 Å². The molecular formula is C20H18ClN5O8P2+2. The van der Waals surface area contributed by atoms with Gasteiger partial charge in [-0.2, -0.15) is 4.98 Å². The third kappa shape index (κ3) is 6.03. The molecule has 4 N–H and O–H groups in total. The Morgan fingerprint density at radius 1 is 1.17 bits per heavy atom. The Morgan fingerprint density at radius 3 is 2.75 bits per heavy atom. The van der Waals surface area contributed by atoms with Gasteiger partial charge in [-0.1, -0.05) is 23.7 Å². The first kappa shape index (κ1) is 25.6. The fourth-order valence-electron chi connectivity index (χ4n) is 3.32. The second-order valence-corrected chi connectivity index (χ2v) is 9.14. The number of fused-ring (bicyclic) bond motifs is 1. The molecule has 0 bridgehead atoms. The van der Waals surface area contributed by atoms with E-state index in [1.807, 2.05) is 0 Å². The van der Waals surface area contributed by atoms with E-state index < -0.39 is 16.5 Å². The SMILES string of the molecule is CONC(=O)c1ccc(Nc2ncc(Cl)c(Nc3ccccc3O[P+](=O)O[P+](=O)O)n2)c2c1CCO2. The molecule has 16 heteroatoms. The van der Waals surface area contributed by atoms with Gasteiger partial charge in [-0.3, -0.25) is 9.63 Å². The van der Waals surface area contributed by atoms with E-state index in [9.17, 15) is 13.9 Å². The molecule has 3 aromatic rings. The Morgan fingerprint density at radius 2 is 1.97 bits per heavy atom. The van der Waals surface area contributed by atoms with Gasteiger partial charge < -0.3 is 15.4 Å². The lowest BCUT2D eigenvalue weighted by Crippen LogP contribution is -2.23. The molecule has 4 rings (SSSR count). The number of carbonyl (C=O) groups is 1. The fourth-order valence-corrected chi connectivity index (χ4v) is 4.37. The van der Waals surface area contributed by atoms with Crippen molar-refractivity contribution in [2.75, 3.05) is 24.4 Å². The molecule has 1 aliphatic rings. The van der Waals surface area contributed by atoms with Gasteiger partial charge in [0.15, 0.2) is 10.1 Å². The number of nitrogens with one attached hydrogen (secondary N) is 3. The van der Waals surface area contributed by atoms with Crippen molar-refractivity contribution in [3.63, 3.8) is 0 Å². The molecule has 2 heterocycles. The summed E-state index contributed by atoms with van der Waals surface area (Å²) < 4.78 is 37.6. The number of hydrogen-bond donors (Lipinski definition) is 4. The zero-order chi connectivity index (χ0) is 25.7. The average Bonchev–Trinajstić information content (AvgIpc) is 3.33. The Kier molecular flexibility index (Phi) is 8.21. The third-order valence-corrected chi connectivity index (χ3v) is 6.45. The van der Waals surface area contributed by atoms with Crippen LogP contribution in [0, 0.1) is 0 Å². The van der Waals surface area contributed by atoms with Gasteiger partial charge >= 0.3 is 16.5 Å². The summed E-state index contributed by atoms with van der Waals surface area (Å²) in [4.78, 5) is 34.3. The number of nitrogens with zero attached hydrogens (tertiary/aromatic N) is 2. The quantitative estimate of drug-likeness (QED) is 0.204. The summed E-state index contributed by atoms with van der Waals surface area (Å²) in [5.41, 5.74) is 4.29. The second kappa shape index (κ2) is 11.5. The molecule has 1 aromatic heterocycles. The van der Waals surface area contributed by atoms with Gasteiger partial charge in [-0.25, -0.2) is 15.0 Å². The highest BCUT2D eigenvalue weighted by Gasteiger charge is 2.38. The Labute approximate surface area is 211 Å². The van der Waals surface area contributed by atoms with Crippen molar-refractivity contribution in [3.05, 3.63) is 58.7 Å². The van der Waals surface area contributed by atoms with Crippen LogP contribution in [-0.2, 0) is 24.7 Å². The highest BCUT2D eigenvalue weighted by molar-refractivity contribution is 7.47. The highest BCUT2D eigenvalue weighted by Crippen LogP contribution is 2.41. The third-order valence-electron chi connectivity index (χ3n) is 4.74. The number of aromatic nitrogens is 2. The van der Waals surface area contributed by atoms with Crippen LogP contribution in [0.4, 0.5) is 23.1 Å². The predicted octanol–water partition coefficient (Wildman–Crippen LogP) is 4.55. The van der Waals surface area contributed by atoms with Crippen LogP contribution in [0.3, 0.4) is 0 Å². The summed E-state index contributed by atoms with van der Waals surface area (Å²) in [6, 6.07) is 9.63. The maximum Gasteiger partial charge on any atom is 0.800 e. The lowest BCUT2D eigenvalue weighted by atomic mass is 10.0. The molecule has 0 saturated heterocycles. The van der Waals surface area contributed by atoms with E-state index in [1.165, 1.54) is 19.4 Å². The molecule has 1 aliphatic heterocycles. The molecule has 2 atom stereocenters. The zero-order valence-electron chi connectivity index (χ0n) is 18.4. The maximum absolute atomic E-state index is 12.3. The van der Waals surface area contributed by atoms with Gasteiger partial charge in [0.05, 0.1) is 31.3 Å². The molecule has 0 radical (unpaired) electrons. The lowest BCUT2D eigenvalue weighted by Gasteiger charge is -2.14. The topological polar surface area (TPSA) is 170 Å². The van der Waals surface area contributed by atoms with Gasteiger partial charge in [0.2, 0.25) is 11.7 Å². The molecule has 0 saturated carbocycles. The van der Waals surface area contributed by atoms with Crippen molar-refractivity contribution in [2.24, 2.45) is 0 Å². The van der Waals surface area contributed by atoms with Crippen LogP contribution in [0.2, 0.25) is 5.02 Å². The first-order valence-corrected chi connectivity index (χ1v) is 12.7. The molecule has 13 nitrogen and oxygen atoms in total. The van der Waals surface area contributed by atoms with Crippen molar-refractivity contribution < 1.29 is 37.2 Å². The molecule has 2 aromatic carbocycles. The van der Waals surface area contributed by atoms with Gasteiger partial charge in [0, 0.05) is 26.7 Å². The number of hydrogen-bond acceptors (Lipinski definition) is 11. The van der Waals surface area contributed by atoms with E-state index in [0.29, 0.717) is 41.3 Å². The van der Waals surface area contributed by atoms with Crippen LogP contribution in [0.5, 0.6) is 11.5 Å². The lowest BCUT2D eigenvalue weighted by molar-refractivity contribution is 0.0537. The Bertz CT molecular complexity index is 1350. The van der Waals surface area contributed by atoms with E-state index in [2.05, 4.69) is 30.4 Å². The van der Waals surface area contributed by atoms with Crippen molar-refractivity contribution in [1.29, 1.82) is 0 Å². The molecule has 2 unspecified atom stereocenters. The number of anilines is 4. The number of carbonyl (C=O) groups excluding carboxylic acids is 1. The van der Waals surface area contributed by atoms with Crippen molar-refractivity contribution in [2.45, 2.75) is 6.42 Å². The summed E-state index contributed by atoms with van der Waals surface area (Å²) in [6.45, 7) is 0.406. The van der Waals surface area contributed by atoms with Crippen LogP contribution in [-0.4, -0.2) is 34.5 Å².